The van der Waals surface area contributed by atoms with Gasteiger partial charge in [-0.25, -0.2) is 0 Å². The first-order valence-corrected chi connectivity index (χ1v) is 7.63. The third kappa shape index (κ3) is 5.28. The highest BCUT2D eigenvalue weighted by atomic mass is 16.5. The van der Waals surface area contributed by atoms with Crippen molar-refractivity contribution in [2.75, 3.05) is 32.1 Å². The van der Waals surface area contributed by atoms with Gasteiger partial charge in [0.2, 0.25) is 0 Å². The van der Waals surface area contributed by atoms with E-state index >= 15 is 0 Å². The molecule has 1 aromatic carbocycles. The zero-order valence-corrected chi connectivity index (χ0v) is 13.6. The molecule has 0 bridgehead atoms. The maximum absolute atomic E-state index is 9.36. The molecular formula is C17H27N3O. The molecule has 1 rings (SSSR count). The SMILES string of the molecule is CCNC(C#N)(CC)CCCOc1cccc(N(C)C)c1. The molecule has 0 aliphatic rings. The summed E-state index contributed by atoms with van der Waals surface area (Å²) in [5.41, 5.74) is 0.712. The van der Waals surface area contributed by atoms with Crippen molar-refractivity contribution in [3.63, 3.8) is 0 Å². The van der Waals surface area contributed by atoms with Crippen molar-refractivity contribution < 1.29 is 4.74 Å². The zero-order chi connectivity index (χ0) is 15.7. The van der Waals surface area contributed by atoms with Crippen molar-refractivity contribution in [1.29, 1.82) is 5.26 Å². The van der Waals surface area contributed by atoms with Crippen LogP contribution in [0.2, 0.25) is 0 Å². The first kappa shape index (κ1) is 17.3. The topological polar surface area (TPSA) is 48.3 Å². The van der Waals surface area contributed by atoms with Crippen LogP contribution in [-0.4, -0.2) is 32.8 Å². The number of rotatable bonds is 9. The smallest absolute Gasteiger partial charge is 0.121 e. The Bertz CT molecular complexity index is 467. The minimum Gasteiger partial charge on any atom is -0.494 e. The summed E-state index contributed by atoms with van der Waals surface area (Å²) in [5.74, 6) is 0.878. The summed E-state index contributed by atoms with van der Waals surface area (Å²) in [4.78, 5) is 2.05. The van der Waals surface area contributed by atoms with Crippen molar-refractivity contribution in [2.24, 2.45) is 0 Å². The molecule has 0 spiro atoms. The first-order chi connectivity index (χ1) is 10.1. The van der Waals surface area contributed by atoms with Crippen LogP contribution >= 0.6 is 0 Å². The lowest BCUT2D eigenvalue weighted by Gasteiger charge is -2.26. The molecule has 4 nitrogen and oxygen atoms in total. The Morgan fingerprint density at radius 3 is 2.67 bits per heavy atom. The van der Waals surface area contributed by atoms with Crippen LogP contribution in [0.3, 0.4) is 0 Å². The van der Waals surface area contributed by atoms with Gasteiger partial charge in [0.05, 0.1) is 12.7 Å². The average Bonchev–Trinajstić information content (AvgIpc) is 2.50. The van der Waals surface area contributed by atoms with Crippen LogP contribution in [0.1, 0.15) is 33.1 Å². The second-order valence-corrected chi connectivity index (χ2v) is 5.42. The molecule has 21 heavy (non-hydrogen) atoms. The molecule has 4 heteroatoms. The molecule has 0 saturated carbocycles. The maximum Gasteiger partial charge on any atom is 0.121 e. The van der Waals surface area contributed by atoms with Gasteiger partial charge >= 0.3 is 0 Å². The van der Waals surface area contributed by atoms with E-state index in [2.05, 4.69) is 22.4 Å². The highest BCUT2D eigenvalue weighted by molar-refractivity contribution is 5.49. The van der Waals surface area contributed by atoms with Crippen molar-refractivity contribution in [3.8, 4) is 11.8 Å². The van der Waals surface area contributed by atoms with E-state index in [4.69, 9.17) is 4.74 Å². The Hall–Kier alpha value is -1.73. The summed E-state index contributed by atoms with van der Waals surface area (Å²) in [6, 6.07) is 10.5. The van der Waals surface area contributed by atoms with Gasteiger partial charge in [0, 0.05) is 25.8 Å². The van der Waals surface area contributed by atoms with E-state index in [1.165, 1.54) is 0 Å². The van der Waals surface area contributed by atoms with Gasteiger partial charge in [0.15, 0.2) is 0 Å². The third-order valence-electron chi connectivity index (χ3n) is 3.68. The van der Waals surface area contributed by atoms with Crippen molar-refractivity contribution in [2.45, 2.75) is 38.6 Å². The predicted molar refractivity (Wildman–Crippen MR) is 87.8 cm³/mol. The normalized spacial score (nSPS) is 13.3. The lowest BCUT2D eigenvalue weighted by Crippen LogP contribution is -2.43. The highest BCUT2D eigenvalue weighted by Crippen LogP contribution is 2.21. The molecule has 1 atom stereocenters. The average molecular weight is 289 g/mol. The van der Waals surface area contributed by atoms with E-state index in [-0.39, 0.29) is 0 Å². The van der Waals surface area contributed by atoms with Gasteiger partial charge in [0.25, 0.3) is 0 Å². The number of anilines is 1. The molecule has 1 unspecified atom stereocenters. The van der Waals surface area contributed by atoms with Gasteiger partial charge in [-0.05, 0) is 37.9 Å². The monoisotopic (exact) mass is 289 g/mol. The Morgan fingerprint density at radius 1 is 1.33 bits per heavy atom. The molecule has 1 aromatic rings. The molecular weight excluding hydrogens is 262 g/mol. The third-order valence-corrected chi connectivity index (χ3v) is 3.68. The number of benzene rings is 1. The Kier molecular flexibility index (Phi) is 7.04. The fourth-order valence-electron chi connectivity index (χ4n) is 2.32. The van der Waals surface area contributed by atoms with Crippen molar-refractivity contribution in [1.82, 2.24) is 5.32 Å². The van der Waals surface area contributed by atoms with Crippen molar-refractivity contribution in [3.05, 3.63) is 24.3 Å². The van der Waals surface area contributed by atoms with Crippen LogP contribution in [0, 0.1) is 11.3 Å². The van der Waals surface area contributed by atoms with Crippen LogP contribution < -0.4 is 15.0 Å². The molecule has 0 heterocycles. The van der Waals surface area contributed by atoms with E-state index in [9.17, 15) is 5.26 Å². The van der Waals surface area contributed by atoms with Crippen LogP contribution in [0.15, 0.2) is 24.3 Å². The van der Waals surface area contributed by atoms with E-state index in [0.717, 1.165) is 37.2 Å². The van der Waals surface area contributed by atoms with Gasteiger partial charge in [0.1, 0.15) is 11.3 Å². The van der Waals surface area contributed by atoms with E-state index in [1.807, 2.05) is 46.1 Å². The molecule has 0 radical (unpaired) electrons. The summed E-state index contributed by atoms with van der Waals surface area (Å²) in [5, 5.41) is 12.7. The summed E-state index contributed by atoms with van der Waals surface area (Å²) in [6.07, 6.45) is 2.48. The number of hydrogen-bond acceptors (Lipinski definition) is 4. The number of nitrogens with zero attached hydrogens (tertiary/aromatic N) is 2. The van der Waals surface area contributed by atoms with E-state index < -0.39 is 5.54 Å². The van der Waals surface area contributed by atoms with Crippen LogP contribution in [0.4, 0.5) is 5.69 Å². The number of nitrogens with one attached hydrogen (secondary N) is 1. The molecule has 0 saturated heterocycles. The van der Waals surface area contributed by atoms with Gasteiger partial charge in [-0.15, -0.1) is 0 Å². The van der Waals surface area contributed by atoms with E-state index in [0.29, 0.717) is 6.61 Å². The lowest BCUT2D eigenvalue weighted by atomic mass is 9.92. The van der Waals surface area contributed by atoms with Gasteiger partial charge < -0.3 is 9.64 Å². The van der Waals surface area contributed by atoms with Crippen molar-refractivity contribution >= 4 is 5.69 Å². The standard InChI is InChI=1S/C17H27N3O/c1-5-17(14-18,19-6-2)11-8-12-21-16-10-7-9-15(13-16)20(3)4/h7,9-10,13,19H,5-6,8,11-12H2,1-4H3. The first-order valence-electron chi connectivity index (χ1n) is 7.63. The molecule has 1 N–H and O–H groups in total. The number of ether oxygens (including phenoxy) is 1. The highest BCUT2D eigenvalue weighted by Gasteiger charge is 2.25. The summed E-state index contributed by atoms with van der Waals surface area (Å²) in [6.45, 7) is 5.52. The summed E-state index contributed by atoms with van der Waals surface area (Å²) < 4.78 is 5.80. The number of hydrogen-bond donors (Lipinski definition) is 1. The predicted octanol–water partition coefficient (Wildman–Crippen LogP) is 3.19. The maximum atomic E-state index is 9.36. The summed E-state index contributed by atoms with van der Waals surface area (Å²) >= 11 is 0. The van der Waals surface area contributed by atoms with Gasteiger partial charge in [-0.1, -0.05) is 19.9 Å². The Balaban J connectivity index is 2.47. The van der Waals surface area contributed by atoms with Gasteiger partial charge in [-0.2, -0.15) is 5.26 Å². The molecule has 0 aliphatic heterocycles. The Labute approximate surface area is 128 Å². The second kappa shape index (κ2) is 8.53. The molecule has 0 fully saturated rings. The summed E-state index contributed by atoms with van der Waals surface area (Å²) in [7, 11) is 4.02. The number of nitriles is 1. The molecule has 0 amide bonds. The fourth-order valence-corrected chi connectivity index (χ4v) is 2.32. The second-order valence-electron chi connectivity index (χ2n) is 5.42. The Morgan fingerprint density at radius 2 is 2.10 bits per heavy atom. The molecule has 0 aromatic heterocycles. The fraction of sp³-hybridized carbons (Fsp3) is 0.588. The molecule has 116 valence electrons. The van der Waals surface area contributed by atoms with Crippen LogP contribution in [0.5, 0.6) is 5.75 Å². The van der Waals surface area contributed by atoms with Crippen LogP contribution in [-0.2, 0) is 0 Å². The largest absolute Gasteiger partial charge is 0.494 e. The molecule has 0 aliphatic carbocycles. The zero-order valence-electron chi connectivity index (χ0n) is 13.6. The minimum atomic E-state index is -0.413. The van der Waals surface area contributed by atoms with Crippen LogP contribution in [0.25, 0.3) is 0 Å². The quantitative estimate of drug-likeness (QED) is 0.709. The van der Waals surface area contributed by atoms with E-state index in [1.54, 1.807) is 0 Å². The van der Waals surface area contributed by atoms with Gasteiger partial charge in [-0.3, -0.25) is 5.32 Å². The lowest BCUT2D eigenvalue weighted by molar-refractivity contribution is 0.277. The minimum absolute atomic E-state index is 0.413.